The molecule has 0 bridgehead atoms. The number of likely N-dealkylation sites (N-methyl/N-ethyl adjacent to an activating group) is 1. The fourth-order valence-electron chi connectivity index (χ4n) is 2.63. The van der Waals surface area contributed by atoms with E-state index in [0.717, 1.165) is 19.5 Å². The molecule has 1 amide bonds. The Morgan fingerprint density at radius 3 is 2.65 bits per heavy atom. The molecule has 1 atom stereocenters. The Morgan fingerprint density at radius 1 is 1.25 bits per heavy atom. The van der Waals surface area contributed by atoms with Crippen molar-refractivity contribution in [3.8, 4) is 0 Å². The summed E-state index contributed by atoms with van der Waals surface area (Å²) in [5.41, 5.74) is 0.594. The van der Waals surface area contributed by atoms with Crippen molar-refractivity contribution in [3.05, 3.63) is 35.4 Å². The van der Waals surface area contributed by atoms with Gasteiger partial charge in [0.1, 0.15) is 0 Å². The Hall–Kier alpha value is -1.88. The summed E-state index contributed by atoms with van der Waals surface area (Å²) in [5.74, 6) is -1.10. The maximum Gasteiger partial charge on any atom is 0.335 e. The monoisotopic (exact) mass is 276 g/mol. The zero-order chi connectivity index (χ0) is 14.7. The minimum atomic E-state index is -1.01. The lowest BCUT2D eigenvalue weighted by atomic mass is 10.1. The maximum atomic E-state index is 12.6. The van der Waals surface area contributed by atoms with Gasteiger partial charge in [-0.2, -0.15) is 0 Å². The summed E-state index contributed by atoms with van der Waals surface area (Å²) in [6.07, 6.45) is 0.936. The molecule has 1 unspecified atom stereocenters. The molecule has 1 aromatic rings. The average molecular weight is 276 g/mol. The minimum absolute atomic E-state index is 0.0871. The van der Waals surface area contributed by atoms with Gasteiger partial charge in [0, 0.05) is 24.7 Å². The van der Waals surface area contributed by atoms with E-state index in [2.05, 4.69) is 11.9 Å². The zero-order valence-electron chi connectivity index (χ0n) is 11.9. The first-order valence-corrected chi connectivity index (χ1v) is 6.82. The Morgan fingerprint density at radius 2 is 1.95 bits per heavy atom. The topological polar surface area (TPSA) is 60.9 Å². The van der Waals surface area contributed by atoms with Gasteiger partial charge in [0.25, 0.3) is 5.91 Å². The third-order valence-corrected chi connectivity index (χ3v) is 3.66. The van der Waals surface area contributed by atoms with Crippen molar-refractivity contribution in [1.82, 2.24) is 9.80 Å². The molecule has 5 nitrogen and oxygen atoms in total. The van der Waals surface area contributed by atoms with Gasteiger partial charge in [0.15, 0.2) is 0 Å². The van der Waals surface area contributed by atoms with Crippen molar-refractivity contribution in [1.29, 1.82) is 0 Å². The average Bonchev–Trinajstić information content (AvgIpc) is 2.58. The first-order chi connectivity index (χ1) is 9.49. The fourth-order valence-corrected chi connectivity index (χ4v) is 2.63. The molecule has 0 spiro atoms. The summed E-state index contributed by atoms with van der Waals surface area (Å²) in [6.45, 7) is 4.55. The smallest absolute Gasteiger partial charge is 0.335 e. The van der Waals surface area contributed by atoms with Gasteiger partial charge >= 0.3 is 5.97 Å². The van der Waals surface area contributed by atoms with E-state index in [-0.39, 0.29) is 17.5 Å². The van der Waals surface area contributed by atoms with Gasteiger partial charge < -0.3 is 14.9 Å². The molecule has 1 aliphatic rings. The van der Waals surface area contributed by atoms with Crippen LogP contribution in [0.3, 0.4) is 0 Å². The van der Waals surface area contributed by atoms with Crippen LogP contribution in [-0.2, 0) is 0 Å². The van der Waals surface area contributed by atoms with Gasteiger partial charge in [-0.3, -0.25) is 4.79 Å². The highest BCUT2D eigenvalue weighted by Crippen LogP contribution is 2.14. The molecule has 1 heterocycles. The van der Waals surface area contributed by atoms with Crippen LogP contribution >= 0.6 is 0 Å². The van der Waals surface area contributed by atoms with Crippen LogP contribution < -0.4 is 0 Å². The fraction of sp³-hybridized carbons (Fsp3) is 0.467. The summed E-state index contributed by atoms with van der Waals surface area (Å²) in [5, 5.41) is 9.00. The molecular weight excluding hydrogens is 256 g/mol. The number of rotatable bonds is 2. The van der Waals surface area contributed by atoms with E-state index in [1.807, 2.05) is 11.8 Å². The second-order valence-electron chi connectivity index (χ2n) is 5.35. The van der Waals surface area contributed by atoms with Gasteiger partial charge in [-0.1, -0.05) is 6.07 Å². The van der Waals surface area contributed by atoms with E-state index in [0.29, 0.717) is 12.1 Å². The maximum absolute atomic E-state index is 12.6. The lowest BCUT2D eigenvalue weighted by Gasteiger charge is -2.28. The molecule has 1 aromatic carbocycles. The number of benzene rings is 1. The Balaban J connectivity index is 2.21. The molecule has 5 heteroatoms. The van der Waals surface area contributed by atoms with E-state index < -0.39 is 5.97 Å². The molecule has 1 saturated heterocycles. The SMILES string of the molecule is CC1CN(C)CCCN1C(=O)c1cccc(C(=O)O)c1. The third-order valence-electron chi connectivity index (χ3n) is 3.66. The first kappa shape index (κ1) is 14.5. The number of carboxylic acid groups (broad SMARTS) is 1. The zero-order valence-corrected chi connectivity index (χ0v) is 11.9. The number of hydrogen-bond acceptors (Lipinski definition) is 3. The minimum Gasteiger partial charge on any atom is -0.478 e. The Kier molecular flexibility index (Phi) is 4.39. The number of carboxylic acids is 1. The largest absolute Gasteiger partial charge is 0.478 e. The van der Waals surface area contributed by atoms with E-state index in [1.165, 1.54) is 12.1 Å². The van der Waals surface area contributed by atoms with E-state index in [1.54, 1.807) is 12.1 Å². The Bertz CT molecular complexity index is 516. The molecule has 0 radical (unpaired) electrons. The summed E-state index contributed by atoms with van der Waals surface area (Å²) in [4.78, 5) is 27.6. The quantitative estimate of drug-likeness (QED) is 0.890. The second-order valence-corrected chi connectivity index (χ2v) is 5.35. The number of nitrogens with zero attached hydrogens (tertiary/aromatic N) is 2. The highest BCUT2D eigenvalue weighted by Gasteiger charge is 2.25. The normalized spacial score (nSPS) is 20.5. The summed E-state index contributed by atoms with van der Waals surface area (Å²) >= 11 is 0. The highest BCUT2D eigenvalue weighted by atomic mass is 16.4. The summed E-state index contributed by atoms with van der Waals surface area (Å²) < 4.78 is 0. The van der Waals surface area contributed by atoms with Gasteiger partial charge in [0.05, 0.1) is 5.56 Å². The molecular formula is C15H20N2O3. The van der Waals surface area contributed by atoms with Gasteiger partial charge in [-0.15, -0.1) is 0 Å². The first-order valence-electron chi connectivity index (χ1n) is 6.82. The molecule has 1 aliphatic heterocycles. The van der Waals surface area contributed by atoms with Crippen LogP contribution in [0, 0.1) is 0 Å². The predicted molar refractivity (Wildman–Crippen MR) is 76.0 cm³/mol. The molecule has 0 saturated carbocycles. The van der Waals surface area contributed by atoms with Crippen LogP contribution in [0.15, 0.2) is 24.3 Å². The molecule has 1 N–H and O–H groups in total. The van der Waals surface area contributed by atoms with E-state index in [9.17, 15) is 9.59 Å². The van der Waals surface area contributed by atoms with Crippen LogP contribution in [0.25, 0.3) is 0 Å². The Labute approximate surface area is 118 Å². The van der Waals surface area contributed by atoms with Crippen LogP contribution in [-0.4, -0.2) is 59.5 Å². The van der Waals surface area contributed by atoms with Crippen LogP contribution in [0.2, 0.25) is 0 Å². The van der Waals surface area contributed by atoms with Gasteiger partial charge in [-0.05, 0) is 45.1 Å². The van der Waals surface area contributed by atoms with Crippen LogP contribution in [0.5, 0.6) is 0 Å². The molecule has 0 aliphatic carbocycles. The number of aromatic carboxylic acids is 1. The second kappa shape index (κ2) is 6.05. The third kappa shape index (κ3) is 3.17. The molecule has 1 fully saturated rings. The highest BCUT2D eigenvalue weighted by molar-refractivity contribution is 5.97. The number of carbonyl (C=O) groups is 2. The summed E-state index contributed by atoms with van der Waals surface area (Å²) in [7, 11) is 2.05. The van der Waals surface area contributed by atoms with Crippen molar-refractivity contribution >= 4 is 11.9 Å². The van der Waals surface area contributed by atoms with E-state index in [4.69, 9.17) is 5.11 Å². The lowest BCUT2D eigenvalue weighted by molar-refractivity contribution is 0.0696. The lowest BCUT2D eigenvalue weighted by Crippen LogP contribution is -2.42. The van der Waals surface area contributed by atoms with Gasteiger partial charge in [0.2, 0.25) is 0 Å². The molecule has 2 rings (SSSR count). The number of amides is 1. The van der Waals surface area contributed by atoms with E-state index >= 15 is 0 Å². The standard InChI is InChI=1S/C15H20N2O3/c1-11-10-16(2)7-4-8-17(11)14(18)12-5-3-6-13(9-12)15(19)20/h3,5-6,9,11H,4,7-8,10H2,1-2H3,(H,19,20). The van der Waals surface area contributed by atoms with Crippen molar-refractivity contribution in [2.75, 3.05) is 26.7 Å². The van der Waals surface area contributed by atoms with Crippen molar-refractivity contribution in [3.63, 3.8) is 0 Å². The van der Waals surface area contributed by atoms with Crippen LogP contribution in [0.1, 0.15) is 34.1 Å². The number of hydrogen-bond donors (Lipinski definition) is 1. The van der Waals surface area contributed by atoms with Crippen molar-refractivity contribution in [2.45, 2.75) is 19.4 Å². The molecule has 20 heavy (non-hydrogen) atoms. The van der Waals surface area contributed by atoms with Crippen LogP contribution in [0.4, 0.5) is 0 Å². The summed E-state index contributed by atoms with van der Waals surface area (Å²) in [6, 6.07) is 6.37. The van der Waals surface area contributed by atoms with Crippen molar-refractivity contribution < 1.29 is 14.7 Å². The predicted octanol–water partition coefficient (Wildman–Crippen LogP) is 1.55. The van der Waals surface area contributed by atoms with Crippen molar-refractivity contribution in [2.24, 2.45) is 0 Å². The molecule has 0 aromatic heterocycles. The number of carbonyl (C=O) groups excluding carboxylic acids is 1. The van der Waals surface area contributed by atoms with Gasteiger partial charge in [-0.25, -0.2) is 4.79 Å². The molecule has 108 valence electrons.